The van der Waals surface area contributed by atoms with Gasteiger partial charge < -0.3 is 41.0 Å². The summed E-state index contributed by atoms with van der Waals surface area (Å²) in [5.74, 6) is -0.374. The standard InChI is InChI=1S/C16H22N2O4.C10H12N2O.C7H12O3/c1-2-4-15(20)22-16(21)10-17-12-7-8-13-11(9-12)5-3-6-14(19)18-13;11-8-4-5-9-7(6-8)2-1-3-10(13)12-9;1-2-3-7(8)10-5-6-4-9-6/h7-9,16-17,21H,2-6,10H2,1H3,(H,18,19);4-6H,1-3,11H2,(H,12,13);6H,2-5H2,1H3. The van der Waals surface area contributed by atoms with E-state index in [0.29, 0.717) is 38.7 Å². The summed E-state index contributed by atoms with van der Waals surface area (Å²) in [6.45, 7) is 5.15. The number of aliphatic hydroxyl groups excluding tert-OH is 1. The number of nitrogen functional groups attached to an aromatic ring is 1. The Hall–Kier alpha value is -4.16. The van der Waals surface area contributed by atoms with Crippen molar-refractivity contribution in [1.29, 1.82) is 0 Å². The molecule has 0 radical (unpaired) electrons. The molecule has 3 heterocycles. The fourth-order valence-electron chi connectivity index (χ4n) is 4.57. The fraction of sp³-hybridized carbons (Fsp3) is 0.515. The van der Waals surface area contributed by atoms with E-state index in [4.69, 9.17) is 19.9 Å². The van der Waals surface area contributed by atoms with Crippen LogP contribution in [0.1, 0.15) is 76.3 Å². The number of esters is 2. The van der Waals surface area contributed by atoms with Crippen LogP contribution in [0.5, 0.6) is 0 Å². The molecule has 3 aliphatic heterocycles. The molecule has 5 rings (SSSR count). The molecule has 2 aromatic carbocycles. The number of rotatable bonds is 10. The van der Waals surface area contributed by atoms with Gasteiger partial charge >= 0.3 is 11.9 Å². The van der Waals surface area contributed by atoms with E-state index >= 15 is 0 Å². The average molecular weight is 627 g/mol. The normalized spacial score (nSPS) is 17.0. The lowest BCUT2D eigenvalue weighted by atomic mass is 10.1. The van der Waals surface area contributed by atoms with E-state index < -0.39 is 12.3 Å². The molecular weight excluding hydrogens is 580 g/mol. The number of amides is 2. The second-order valence-corrected chi connectivity index (χ2v) is 11.1. The number of epoxide rings is 1. The van der Waals surface area contributed by atoms with Crippen LogP contribution in [0.25, 0.3) is 0 Å². The Morgan fingerprint density at radius 2 is 1.51 bits per heavy atom. The first-order valence-electron chi connectivity index (χ1n) is 15.7. The van der Waals surface area contributed by atoms with E-state index in [9.17, 15) is 24.3 Å². The zero-order valence-electron chi connectivity index (χ0n) is 26.2. The molecule has 0 aliphatic carbocycles. The topological polar surface area (TPSA) is 182 Å². The lowest BCUT2D eigenvalue weighted by molar-refractivity contribution is -0.165. The van der Waals surface area contributed by atoms with E-state index in [1.807, 2.05) is 50.2 Å². The molecule has 12 nitrogen and oxygen atoms in total. The van der Waals surface area contributed by atoms with Crippen molar-refractivity contribution in [3.63, 3.8) is 0 Å². The van der Waals surface area contributed by atoms with Crippen LogP contribution >= 0.6 is 0 Å². The van der Waals surface area contributed by atoms with Crippen molar-refractivity contribution in [3.05, 3.63) is 47.5 Å². The van der Waals surface area contributed by atoms with Gasteiger partial charge in [-0.3, -0.25) is 19.2 Å². The van der Waals surface area contributed by atoms with Crippen LogP contribution in [-0.2, 0) is 46.2 Å². The van der Waals surface area contributed by atoms with Gasteiger partial charge in [0.05, 0.1) is 13.2 Å². The van der Waals surface area contributed by atoms with Gasteiger partial charge in [-0.1, -0.05) is 13.8 Å². The molecule has 12 heteroatoms. The van der Waals surface area contributed by atoms with Crippen LogP contribution < -0.4 is 21.7 Å². The number of ether oxygens (including phenoxy) is 3. The van der Waals surface area contributed by atoms with Crippen LogP contribution in [0, 0.1) is 0 Å². The third kappa shape index (κ3) is 13.6. The quantitative estimate of drug-likeness (QED) is 0.110. The molecular formula is C33H46N4O8. The molecule has 3 aliphatic rings. The highest BCUT2D eigenvalue weighted by Crippen LogP contribution is 2.26. The molecule has 2 aromatic rings. The largest absolute Gasteiger partial charge is 0.463 e. The van der Waals surface area contributed by atoms with Gasteiger partial charge in [-0.2, -0.15) is 0 Å². The number of aliphatic hydroxyl groups is 1. The van der Waals surface area contributed by atoms with Crippen LogP contribution in [0.3, 0.4) is 0 Å². The summed E-state index contributed by atoms with van der Waals surface area (Å²) in [7, 11) is 0. The monoisotopic (exact) mass is 626 g/mol. The zero-order chi connectivity index (χ0) is 32.6. The molecule has 2 amide bonds. The minimum atomic E-state index is -1.17. The molecule has 0 bridgehead atoms. The number of nitrogens with one attached hydrogen (secondary N) is 3. The van der Waals surface area contributed by atoms with Gasteiger partial charge in [0.2, 0.25) is 18.1 Å². The number of carbonyl (C=O) groups excluding carboxylic acids is 4. The van der Waals surface area contributed by atoms with Gasteiger partial charge in [0.15, 0.2) is 0 Å². The molecule has 0 saturated carbocycles. The average Bonchev–Trinajstić information content (AvgIpc) is 3.85. The second kappa shape index (κ2) is 18.6. The summed E-state index contributed by atoms with van der Waals surface area (Å²) in [6, 6.07) is 11.2. The molecule has 1 saturated heterocycles. The minimum Gasteiger partial charge on any atom is -0.463 e. The van der Waals surface area contributed by atoms with Gasteiger partial charge in [0.25, 0.3) is 0 Å². The Labute approximate surface area is 264 Å². The highest BCUT2D eigenvalue weighted by molar-refractivity contribution is 5.93. The Balaban J connectivity index is 0.000000202. The lowest BCUT2D eigenvalue weighted by Crippen LogP contribution is -2.25. The SMILES string of the molecule is CCCC(=O)OC(O)CNc1ccc2c(c1)CCCC(=O)N2.CCCC(=O)OCC1CO1.Nc1ccc2c(c1)CCCC(=O)N2. The number of fused-ring (bicyclic) bond motifs is 2. The van der Waals surface area contributed by atoms with E-state index in [0.717, 1.165) is 72.6 Å². The molecule has 0 spiro atoms. The zero-order valence-corrected chi connectivity index (χ0v) is 26.2. The molecule has 6 N–H and O–H groups in total. The molecule has 2 atom stereocenters. The maximum Gasteiger partial charge on any atom is 0.308 e. The number of anilines is 4. The summed E-state index contributed by atoms with van der Waals surface area (Å²) in [4.78, 5) is 44.7. The number of benzene rings is 2. The Morgan fingerprint density at radius 1 is 0.933 bits per heavy atom. The molecule has 246 valence electrons. The lowest BCUT2D eigenvalue weighted by Gasteiger charge is -2.15. The summed E-state index contributed by atoms with van der Waals surface area (Å²) >= 11 is 0. The second-order valence-electron chi connectivity index (χ2n) is 11.1. The molecule has 2 unspecified atom stereocenters. The third-order valence-corrected chi connectivity index (χ3v) is 6.97. The predicted molar refractivity (Wildman–Crippen MR) is 172 cm³/mol. The van der Waals surface area contributed by atoms with Crippen molar-refractivity contribution < 1.29 is 38.5 Å². The van der Waals surface area contributed by atoms with Gasteiger partial charge in [-0.25, -0.2) is 0 Å². The van der Waals surface area contributed by atoms with E-state index in [2.05, 4.69) is 16.0 Å². The molecule has 1 fully saturated rings. The van der Waals surface area contributed by atoms with E-state index in [-0.39, 0.29) is 30.4 Å². The Bertz CT molecular complexity index is 1300. The predicted octanol–water partition coefficient (Wildman–Crippen LogP) is 4.31. The Morgan fingerprint density at radius 3 is 2.11 bits per heavy atom. The van der Waals surface area contributed by atoms with Gasteiger partial charge in [-0.05, 0) is 86.1 Å². The number of hydrogen-bond acceptors (Lipinski definition) is 10. The van der Waals surface area contributed by atoms with Crippen LogP contribution in [0.15, 0.2) is 36.4 Å². The number of aryl methyl sites for hydroxylation is 2. The molecule has 0 aromatic heterocycles. The maximum atomic E-state index is 11.5. The smallest absolute Gasteiger partial charge is 0.308 e. The van der Waals surface area contributed by atoms with Crippen molar-refractivity contribution in [2.45, 2.75) is 90.4 Å². The van der Waals surface area contributed by atoms with E-state index in [1.54, 1.807) is 0 Å². The van der Waals surface area contributed by atoms with Crippen molar-refractivity contribution in [1.82, 2.24) is 0 Å². The van der Waals surface area contributed by atoms with E-state index in [1.165, 1.54) is 0 Å². The molecule has 45 heavy (non-hydrogen) atoms. The first-order valence-corrected chi connectivity index (χ1v) is 15.7. The number of carbonyl (C=O) groups is 4. The van der Waals surface area contributed by atoms with Crippen LogP contribution in [0.4, 0.5) is 22.7 Å². The van der Waals surface area contributed by atoms with Gasteiger partial charge in [0.1, 0.15) is 12.7 Å². The summed E-state index contributed by atoms with van der Waals surface area (Å²) < 4.78 is 14.6. The third-order valence-electron chi connectivity index (χ3n) is 6.97. The van der Waals surface area contributed by atoms with Crippen molar-refractivity contribution in [2.24, 2.45) is 0 Å². The Kier molecular flexibility index (Phi) is 14.6. The highest BCUT2D eigenvalue weighted by atomic mass is 16.6. The maximum absolute atomic E-state index is 11.5. The fourth-order valence-corrected chi connectivity index (χ4v) is 4.57. The highest BCUT2D eigenvalue weighted by Gasteiger charge is 2.23. The van der Waals surface area contributed by atoms with Crippen LogP contribution in [-0.4, -0.2) is 61.0 Å². The summed E-state index contributed by atoms with van der Waals surface area (Å²) in [5, 5.41) is 18.4. The summed E-state index contributed by atoms with van der Waals surface area (Å²) in [5.41, 5.74) is 11.2. The van der Waals surface area contributed by atoms with Crippen molar-refractivity contribution in [3.8, 4) is 0 Å². The number of nitrogens with two attached hydrogens (primary N) is 1. The van der Waals surface area contributed by atoms with Gasteiger partial charge in [0, 0.05) is 48.4 Å². The van der Waals surface area contributed by atoms with Gasteiger partial charge in [-0.15, -0.1) is 0 Å². The first kappa shape index (κ1) is 35.3. The summed E-state index contributed by atoms with van der Waals surface area (Å²) in [6.07, 6.45) is 6.01. The number of hydrogen-bond donors (Lipinski definition) is 5. The van der Waals surface area contributed by atoms with Crippen LogP contribution in [0.2, 0.25) is 0 Å². The minimum absolute atomic E-state index is 0.0396. The van der Waals surface area contributed by atoms with Crippen molar-refractivity contribution in [2.75, 3.05) is 41.4 Å². The first-order chi connectivity index (χ1) is 21.7. The van der Waals surface area contributed by atoms with Crippen molar-refractivity contribution >= 4 is 46.5 Å².